The Morgan fingerprint density at radius 2 is 2.05 bits per heavy atom. The van der Waals surface area contributed by atoms with Gasteiger partial charge in [-0.2, -0.15) is 0 Å². The number of hydrogen-bond donors (Lipinski definition) is 1. The van der Waals surface area contributed by atoms with Crippen LogP contribution >= 0.6 is 0 Å². The molecular weight excluding hydrogens is 248 g/mol. The van der Waals surface area contributed by atoms with Gasteiger partial charge in [-0.3, -0.25) is 4.90 Å². The maximum Gasteiger partial charge on any atom is 0.120 e. The zero-order chi connectivity index (χ0) is 14.5. The highest BCUT2D eigenvalue weighted by molar-refractivity contribution is 5.28. The summed E-state index contributed by atoms with van der Waals surface area (Å²) in [5.41, 5.74) is 1.28. The van der Waals surface area contributed by atoms with Gasteiger partial charge >= 0.3 is 0 Å². The molecule has 0 radical (unpaired) electrons. The minimum absolute atomic E-state index is 0.227. The summed E-state index contributed by atoms with van der Waals surface area (Å²) in [7, 11) is 2.24. The third kappa shape index (κ3) is 4.80. The highest BCUT2D eigenvalue weighted by Gasteiger charge is 2.28. The molecule has 3 nitrogen and oxygen atoms in total. The molecule has 112 valence electrons. The summed E-state index contributed by atoms with van der Waals surface area (Å²) < 4.78 is 5.72. The van der Waals surface area contributed by atoms with Gasteiger partial charge in [-0.25, -0.2) is 0 Å². The van der Waals surface area contributed by atoms with E-state index in [9.17, 15) is 0 Å². The Balaban J connectivity index is 1.75. The maximum atomic E-state index is 5.72. The molecule has 0 heterocycles. The van der Waals surface area contributed by atoms with Gasteiger partial charge in [0.1, 0.15) is 5.75 Å². The fourth-order valence-corrected chi connectivity index (χ4v) is 2.41. The van der Waals surface area contributed by atoms with Crippen LogP contribution in [0.15, 0.2) is 24.3 Å². The van der Waals surface area contributed by atoms with Crippen LogP contribution in [-0.2, 0) is 6.54 Å². The van der Waals surface area contributed by atoms with Gasteiger partial charge in [-0.1, -0.05) is 12.1 Å². The summed E-state index contributed by atoms with van der Waals surface area (Å²) in [6.45, 7) is 8.34. The summed E-state index contributed by atoms with van der Waals surface area (Å²) in [6, 6.07) is 9.78. The van der Waals surface area contributed by atoms with Gasteiger partial charge in [0.2, 0.25) is 0 Å². The molecule has 1 aliphatic rings. The predicted octanol–water partition coefficient (Wildman–Crippen LogP) is 3.05. The van der Waals surface area contributed by atoms with Crippen molar-refractivity contribution in [2.45, 2.75) is 58.3 Å². The third-order valence-electron chi connectivity index (χ3n) is 3.86. The Labute approximate surface area is 123 Å². The number of nitrogens with one attached hydrogen (secondary N) is 1. The van der Waals surface area contributed by atoms with Gasteiger partial charge in [0.25, 0.3) is 0 Å². The molecular formula is C17H28N2O. The fourth-order valence-electron chi connectivity index (χ4n) is 2.41. The lowest BCUT2D eigenvalue weighted by molar-refractivity contribution is 0.239. The molecule has 1 saturated carbocycles. The molecule has 1 aromatic carbocycles. The largest absolute Gasteiger partial charge is 0.491 e. The minimum atomic E-state index is 0.227. The summed E-state index contributed by atoms with van der Waals surface area (Å²) in [5, 5.41) is 3.55. The minimum Gasteiger partial charge on any atom is -0.491 e. The Kier molecular flexibility index (Phi) is 5.44. The van der Waals surface area contributed by atoms with Crippen molar-refractivity contribution >= 4 is 0 Å². The van der Waals surface area contributed by atoms with Gasteiger partial charge in [-0.15, -0.1) is 0 Å². The Morgan fingerprint density at radius 3 is 2.70 bits per heavy atom. The average Bonchev–Trinajstić information content (AvgIpc) is 3.21. The van der Waals surface area contributed by atoms with E-state index in [-0.39, 0.29) is 6.10 Å². The van der Waals surface area contributed by atoms with Crippen LogP contribution in [0.1, 0.15) is 39.2 Å². The normalized spacial score (nSPS) is 16.7. The second kappa shape index (κ2) is 7.09. The van der Waals surface area contributed by atoms with Gasteiger partial charge in [0, 0.05) is 25.2 Å². The first-order chi connectivity index (χ1) is 9.56. The van der Waals surface area contributed by atoms with Crippen molar-refractivity contribution in [3.63, 3.8) is 0 Å². The number of ether oxygens (including phenoxy) is 1. The first-order valence-electron chi connectivity index (χ1n) is 7.74. The number of rotatable bonds is 8. The molecule has 1 unspecified atom stereocenters. The zero-order valence-electron chi connectivity index (χ0n) is 13.2. The highest BCUT2D eigenvalue weighted by Crippen LogP contribution is 2.26. The SMILES string of the molecule is CC(C)Oc1cccc(CNCC(C)N(C)C2CC2)c1. The Hall–Kier alpha value is -1.06. The van der Waals surface area contributed by atoms with Crippen LogP contribution in [0.2, 0.25) is 0 Å². The fraction of sp³-hybridized carbons (Fsp3) is 0.647. The van der Waals surface area contributed by atoms with Gasteiger partial charge in [-0.05, 0) is 58.4 Å². The van der Waals surface area contributed by atoms with Gasteiger partial charge in [0.15, 0.2) is 0 Å². The van der Waals surface area contributed by atoms with Gasteiger partial charge < -0.3 is 10.1 Å². The molecule has 2 rings (SSSR count). The van der Waals surface area contributed by atoms with E-state index in [2.05, 4.69) is 56.2 Å². The van der Waals surface area contributed by atoms with Crippen molar-refractivity contribution in [3.8, 4) is 5.75 Å². The third-order valence-corrected chi connectivity index (χ3v) is 3.86. The van der Waals surface area contributed by atoms with Crippen LogP contribution in [0.4, 0.5) is 0 Å². The topological polar surface area (TPSA) is 24.5 Å². The van der Waals surface area contributed by atoms with Crippen molar-refractivity contribution in [1.29, 1.82) is 0 Å². The molecule has 0 aliphatic heterocycles. The second-order valence-electron chi connectivity index (χ2n) is 6.19. The van der Waals surface area contributed by atoms with Crippen LogP contribution in [-0.4, -0.2) is 36.7 Å². The van der Waals surface area contributed by atoms with Crippen molar-refractivity contribution in [2.75, 3.05) is 13.6 Å². The average molecular weight is 276 g/mol. The first-order valence-corrected chi connectivity index (χ1v) is 7.74. The Bertz CT molecular complexity index is 415. The molecule has 0 bridgehead atoms. The van der Waals surface area contributed by atoms with Crippen molar-refractivity contribution in [1.82, 2.24) is 10.2 Å². The molecule has 0 saturated heterocycles. The summed E-state index contributed by atoms with van der Waals surface area (Å²) >= 11 is 0. The smallest absolute Gasteiger partial charge is 0.120 e. The molecule has 1 fully saturated rings. The van der Waals surface area contributed by atoms with Crippen molar-refractivity contribution < 1.29 is 4.74 Å². The summed E-state index contributed by atoms with van der Waals surface area (Å²) in [5.74, 6) is 0.961. The highest BCUT2D eigenvalue weighted by atomic mass is 16.5. The van der Waals surface area contributed by atoms with E-state index >= 15 is 0 Å². The summed E-state index contributed by atoms with van der Waals surface area (Å²) in [6.07, 6.45) is 2.97. The lowest BCUT2D eigenvalue weighted by Crippen LogP contribution is -2.38. The van der Waals surface area contributed by atoms with Crippen molar-refractivity contribution in [3.05, 3.63) is 29.8 Å². The molecule has 20 heavy (non-hydrogen) atoms. The Morgan fingerprint density at radius 1 is 1.30 bits per heavy atom. The second-order valence-corrected chi connectivity index (χ2v) is 6.19. The molecule has 3 heteroatoms. The molecule has 1 aliphatic carbocycles. The number of benzene rings is 1. The monoisotopic (exact) mass is 276 g/mol. The van der Waals surface area contributed by atoms with E-state index in [0.29, 0.717) is 6.04 Å². The van der Waals surface area contributed by atoms with E-state index in [1.807, 2.05) is 6.07 Å². The maximum absolute atomic E-state index is 5.72. The van der Waals surface area contributed by atoms with Crippen LogP contribution < -0.4 is 10.1 Å². The number of likely N-dealkylation sites (N-methyl/N-ethyl adjacent to an activating group) is 1. The molecule has 0 amide bonds. The molecule has 1 atom stereocenters. The standard InChI is InChI=1S/C17H28N2O/c1-13(2)20-17-7-5-6-15(10-17)12-18-11-14(3)19(4)16-8-9-16/h5-7,10,13-14,16,18H,8-9,11-12H2,1-4H3. The van der Waals surface area contributed by atoms with Crippen LogP contribution in [0.25, 0.3) is 0 Å². The molecule has 0 aromatic heterocycles. The van der Waals surface area contributed by atoms with E-state index in [4.69, 9.17) is 4.74 Å². The van der Waals surface area contributed by atoms with E-state index in [1.54, 1.807) is 0 Å². The van der Waals surface area contributed by atoms with Crippen LogP contribution in [0.3, 0.4) is 0 Å². The molecule has 0 spiro atoms. The number of hydrogen-bond acceptors (Lipinski definition) is 3. The lowest BCUT2D eigenvalue weighted by Gasteiger charge is -2.24. The molecule has 1 N–H and O–H groups in total. The number of nitrogens with zero attached hydrogens (tertiary/aromatic N) is 1. The lowest BCUT2D eigenvalue weighted by atomic mass is 10.2. The van der Waals surface area contributed by atoms with E-state index in [1.165, 1.54) is 18.4 Å². The molecule has 1 aromatic rings. The zero-order valence-corrected chi connectivity index (χ0v) is 13.2. The van der Waals surface area contributed by atoms with E-state index in [0.717, 1.165) is 24.9 Å². The predicted molar refractivity (Wildman–Crippen MR) is 84.2 cm³/mol. The van der Waals surface area contributed by atoms with E-state index < -0.39 is 0 Å². The van der Waals surface area contributed by atoms with Crippen molar-refractivity contribution in [2.24, 2.45) is 0 Å². The van der Waals surface area contributed by atoms with Gasteiger partial charge in [0.05, 0.1) is 6.10 Å². The first kappa shape index (κ1) is 15.3. The summed E-state index contributed by atoms with van der Waals surface area (Å²) in [4.78, 5) is 2.49. The quantitative estimate of drug-likeness (QED) is 0.790. The van der Waals surface area contributed by atoms with Crippen LogP contribution in [0.5, 0.6) is 5.75 Å². The van der Waals surface area contributed by atoms with Crippen LogP contribution in [0, 0.1) is 0 Å².